The van der Waals surface area contributed by atoms with E-state index in [9.17, 15) is 0 Å². The minimum Gasteiger partial charge on any atom is -0.379 e. The molecule has 2 rings (SSSR count). The fourth-order valence-electron chi connectivity index (χ4n) is 1.81. The molecule has 2 heterocycles. The van der Waals surface area contributed by atoms with E-state index in [4.69, 9.17) is 19.7 Å². The Kier molecular flexibility index (Phi) is 5.06. The average Bonchev–Trinajstić information content (AvgIpc) is 2.86. The fourth-order valence-corrected chi connectivity index (χ4v) is 1.81. The van der Waals surface area contributed by atoms with Gasteiger partial charge in [-0.3, -0.25) is 4.90 Å². The SMILES string of the molecule is CCOCc1nc(C(N)CN2CCOCC2)no1. The van der Waals surface area contributed by atoms with Gasteiger partial charge in [0.25, 0.3) is 5.89 Å². The number of morpholine rings is 1. The van der Waals surface area contributed by atoms with E-state index in [1.54, 1.807) is 0 Å². The van der Waals surface area contributed by atoms with Crippen molar-refractivity contribution < 1.29 is 14.0 Å². The monoisotopic (exact) mass is 256 g/mol. The molecule has 1 unspecified atom stereocenters. The largest absolute Gasteiger partial charge is 0.379 e. The third-order valence-corrected chi connectivity index (χ3v) is 2.80. The van der Waals surface area contributed by atoms with Gasteiger partial charge in [-0.25, -0.2) is 0 Å². The normalized spacial score (nSPS) is 19.0. The molecule has 7 nitrogen and oxygen atoms in total. The minimum absolute atomic E-state index is 0.234. The lowest BCUT2D eigenvalue weighted by molar-refractivity contribution is 0.0348. The van der Waals surface area contributed by atoms with Gasteiger partial charge in [0.2, 0.25) is 0 Å². The van der Waals surface area contributed by atoms with Crippen LogP contribution in [0.15, 0.2) is 4.52 Å². The molecular weight excluding hydrogens is 236 g/mol. The molecule has 1 aliphatic rings. The van der Waals surface area contributed by atoms with Crippen molar-refractivity contribution in [2.75, 3.05) is 39.5 Å². The van der Waals surface area contributed by atoms with Crippen LogP contribution in [0.5, 0.6) is 0 Å². The first kappa shape index (κ1) is 13.4. The van der Waals surface area contributed by atoms with Crippen LogP contribution in [0.1, 0.15) is 24.7 Å². The third-order valence-electron chi connectivity index (χ3n) is 2.80. The zero-order chi connectivity index (χ0) is 12.8. The van der Waals surface area contributed by atoms with E-state index >= 15 is 0 Å². The van der Waals surface area contributed by atoms with Crippen LogP contribution >= 0.6 is 0 Å². The second kappa shape index (κ2) is 6.79. The zero-order valence-corrected chi connectivity index (χ0v) is 10.7. The van der Waals surface area contributed by atoms with Gasteiger partial charge in [-0.15, -0.1) is 0 Å². The molecule has 18 heavy (non-hydrogen) atoms. The van der Waals surface area contributed by atoms with Gasteiger partial charge in [-0.1, -0.05) is 5.16 Å². The highest BCUT2D eigenvalue weighted by Crippen LogP contribution is 2.10. The molecule has 0 amide bonds. The van der Waals surface area contributed by atoms with E-state index in [1.165, 1.54) is 0 Å². The van der Waals surface area contributed by atoms with Crippen molar-refractivity contribution in [3.63, 3.8) is 0 Å². The highest BCUT2D eigenvalue weighted by molar-refractivity contribution is 4.93. The summed E-state index contributed by atoms with van der Waals surface area (Å²) in [5.74, 6) is 1.01. The van der Waals surface area contributed by atoms with E-state index in [1.807, 2.05) is 6.92 Å². The second-order valence-electron chi connectivity index (χ2n) is 4.20. The molecule has 0 bridgehead atoms. The summed E-state index contributed by atoms with van der Waals surface area (Å²) in [6, 6.07) is -0.234. The van der Waals surface area contributed by atoms with Crippen molar-refractivity contribution in [2.24, 2.45) is 5.73 Å². The smallest absolute Gasteiger partial charge is 0.252 e. The fraction of sp³-hybridized carbons (Fsp3) is 0.818. The van der Waals surface area contributed by atoms with Crippen molar-refractivity contribution in [1.29, 1.82) is 0 Å². The van der Waals surface area contributed by atoms with Crippen molar-refractivity contribution in [1.82, 2.24) is 15.0 Å². The van der Waals surface area contributed by atoms with E-state index < -0.39 is 0 Å². The van der Waals surface area contributed by atoms with Crippen LogP contribution < -0.4 is 5.73 Å². The molecule has 0 radical (unpaired) electrons. The van der Waals surface area contributed by atoms with Crippen molar-refractivity contribution in [3.05, 3.63) is 11.7 Å². The van der Waals surface area contributed by atoms with E-state index in [0.717, 1.165) is 32.8 Å². The molecule has 1 saturated heterocycles. The molecule has 1 aromatic rings. The minimum atomic E-state index is -0.234. The zero-order valence-electron chi connectivity index (χ0n) is 10.7. The van der Waals surface area contributed by atoms with Crippen LogP contribution in [0.2, 0.25) is 0 Å². The Morgan fingerprint density at radius 1 is 1.44 bits per heavy atom. The van der Waals surface area contributed by atoms with Gasteiger partial charge < -0.3 is 19.7 Å². The quantitative estimate of drug-likeness (QED) is 0.762. The number of aromatic nitrogens is 2. The molecule has 102 valence electrons. The van der Waals surface area contributed by atoms with Crippen molar-refractivity contribution in [3.8, 4) is 0 Å². The Balaban J connectivity index is 1.83. The van der Waals surface area contributed by atoms with Gasteiger partial charge >= 0.3 is 0 Å². The summed E-state index contributed by atoms with van der Waals surface area (Å²) in [6.07, 6.45) is 0. The van der Waals surface area contributed by atoms with E-state index in [-0.39, 0.29) is 6.04 Å². The van der Waals surface area contributed by atoms with Crippen LogP contribution in [0, 0.1) is 0 Å². The van der Waals surface area contributed by atoms with Crippen molar-refractivity contribution >= 4 is 0 Å². The molecule has 2 N–H and O–H groups in total. The number of rotatable bonds is 6. The molecule has 0 aliphatic carbocycles. The molecular formula is C11H20N4O3. The van der Waals surface area contributed by atoms with Gasteiger partial charge in [0.15, 0.2) is 5.82 Å². The highest BCUT2D eigenvalue weighted by atomic mass is 16.5. The Morgan fingerprint density at radius 2 is 2.22 bits per heavy atom. The lowest BCUT2D eigenvalue weighted by atomic mass is 10.2. The summed E-state index contributed by atoms with van der Waals surface area (Å²) in [4.78, 5) is 6.47. The predicted octanol–water partition coefficient (Wildman–Crippen LogP) is -0.0619. The van der Waals surface area contributed by atoms with E-state index in [2.05, 4.69) is 15.0 Å². The van der Waals surface area contributed by atoms with Gasteiger partial charge in [0.1, 0.15) is 6.61 Å². The predicted molar refractivity (Wildman–Crippen MR) is 63.8 cm³/mol. The third kappa shape index (κ3) is 3.74. The van der Waals surface area contributed by atoms with Crippen LogP contribution in [0.3, 0.4) is 0 Å². The molecule has 0 saturated carbocycles. The van der Waals surface area contributed by atoms with Crippen molar-refractivity contribution in [2.45, 2.75) is 19.6 Å². The molecule has 1 aliphatic heterocycles. The number of hydrogen-bond donors (Lipinski definition) is 1. The van der Waals surface area contributed by atoms with Crippen LogP contribution in [0.25, 0.3) is 0 Å². The summed E-state index contributed by atoms with van der Waals surface area (Å²) in [7, 11) is 0. The Bertz CT molecular complexity index is 352. The Labute approximate surface area is 106 Å². The van der Waals surface area contributed by atoms with E-state index in [0.29, 0.717) is 24.9 Å². The maximum atomic E-state index is 6.06. The average molecular weight is 256 g/mol. The maximum Gasteiger partial charge on any atom is 0.252 e. The number of nitrogens with two attached hydrogens (primary N) is 1. The standard InChI is InChI=1S/C11H20N4O3/c1-2-16-8-10-13-11(14-18-10)9(12)7-15-3-5-17-6-4-15/h9H,2-8,12H2,1H3. The first-order chi connectivity index (χ1) is 8.79. The molecule has 1 atom stereocenters. The second-order valence-corrected chi connectivity index (χ2v) is 4.20. The maximum absolute atomic E-state index is 6.06. The molecule has 0 aromatic carbocycles. The lowest BCUT2D eigenvalue weighted by Gasteiger charge is -2.27. The van der Waals surface area contributed by atoms with Crippen LogP contribution in [-0.2, 0) is 16.1 Å². The number of nitrogens with zero attached hydrogens (tertiary/aromatic N) is 3. The first-order valence-electron chi connectivity index (χ1n) is 6.25. The highest BCUT2D eigenvalue weighted by Gasteiger charge is 2.19. The van der Waals surface area contributed by atoms with Crippen LogP contribution in [0.4, 0.5) is 0 Å². The Hall–Kier alpha value is -1.02. The number of ether oxygens (including phenoxy) is 2. The lowest BCUT2D eigenvalue weighted by Crippen LogP contribution is -2.40. The van der Waals surface area contributed by atoms with Crippen LogP contribution in [-0.4, -0.2) is 54.5 Å². The molecule has 1 fully saturated rings. The topological polar surface area (TPSA) is 86.6 Å². The summed E-state index contributed by atoms with van der Waals surface area (Å²) in [5, 5.41) is 3.89. The molecule has 7 heteroatoms. The molecule has 1 aromatic heterocycles. The van der Waals surface area contributed by atoms with Gasteiger partial charge in [0.05, 0.1) is 19.3 Å². The summed E-state index contributed by atoms with van der Waals surface area (Å²) < 4.78 is 15.6. The van der Waals surface area contributed by atoms with Gasteiger partial charge in [-0.05, 0) is 6.92 Å². The Morgan fingerprint density at radius 3 is 2.94 bits per heavy atom. The first-order valence-corrected chi connectivity index (χ1v) is 6.25. The van der Waals surface area contributed by atoms with Gasteiger partial charge in [-0.2, -0.15) is 4.98 Å². The summed E-state index contributed by atoms with van der Waals surface area (Å²) in [6.45, 7) is 6.92. The van der Waals surface area contributed by atoms with Gasteiger partial charge in [0, 0.05) is 26.2 Å². The molecule has 0 spiro atoms. The number of hydrogen-bond acceptors (Lipinski definition) is 7. The summed E-state index contributed by atoms with van der Waals surface area (Å²) in [5.41, 5.74) is 6.06. The summed E-state index contributed by atoms with van der Waals surface area (Å²) >= 11 is 0.